The predicted octanol–water partition coefficient (Wildman–Crippen LogP) is 3.84. The van der Waals surface area contributed by atoms with Crippen LogP contribution < -0.4 is 15.5 Å². The molecule has 1 saturated heterocycles. The average Bonchev–Trinajstić information content (AvgIpc) is 3.53. The summed E-state index contributed by atoms with van der Waals surface area (Å²) in [5.74, 6) is 0.602. The van der Waals surface area contributed by atoms with E-state index in [1.165, 1.54) is 32.0 Å². The number of rotatable bonds is 8. The van der Waals surface area contributed by atoms with Crippen LogP contribution in [0.4, 0.5) is 20.4 Å². The molecule has 1 atom stereocenters. The molecule has 1 saturated carbocycles. The van der Waals surface area contributed by atoms with E-state index in [0.29, 0.717) is 36.4 Å². The summed E-state index contributed by atoms with van der Waals surface area (Å²) in [6.45, 7) is 5.39. The van der Waals surface area contributed by atoms with E-state index in [0.717, 1.165) is 43.9 Å². The Hall–Kier alpha value is -2.62. The first-order valence-corrected chi connectivity index (χ1v) is 13.0. The highest BCUT2D eigenvalue weighted by atomic mass is 19.3. The van der Waals surface area contributed by atoms with Crippen molar-refractivity contribution in [2.45, 2.75) is 89.1 Å². The molecule has 0 unspecified atom stereocenters. The Morgan fingerprint density at radius 2 is 1.94 bits per heavy atom. The predicted molar refractivity (Wildman–Crippen MR) is 130 cm³/mol. The summed E-state index contributed by atoms with van der Waals surface area (Å²) in [5, 5.41) is 6.35. The zero-order valence-corrected chi connectivity index (χ0v) is 20.3. The third-order valence-electron chi connectivity index (χ3n) is 7.72. The first-order chi connectivity index (χ1) is 17.0. The molecule has 2 N–H and O–H groups in total. The van der Waals surface area contributed by atoms with Crippen molar-refractivity contribution in [2.75, 3.05) is 29.9 Å². The summed E-state index contributed by atoms with van der Waals surface area (Å²) in [5.41, 5.74) is 1.48. The number of carbonyl (C=O) groups is 1. The second kappa shape index (κ2) is 10.6. The maximum Gasteiger partial charge on any atom is 0.246 e. The van der Waals surface area contributed by atoms with Gasteiger partial charge in [0.15, 0.2) is 0 Å². The molecule has 1 amide bonds. The normalized spacial score (nSPS) is 21.5. The van der Waals surface area contributed by atoms with Crippen molar-refractivity contribution >= 4 is 17.5 Å². The number of imidazole rings is 1. The highest BCUT2D eigenvalue weighted by molar-refractivity contribution is 5.94. The number of anilines is 2. The van der Waals surface area contributed by atoms with E-state index in [4.69, 9.17) is 4.98 Å². The minimum atomic E-state index is -2.64. The average molecular weight is 488 g/mol. The van der Waals surface area contributed by atoms with E-state index >= 15 is 0 Å². The van der Waals surface area contributed by atoms with Gasteiger partial charge >= 0.3 is 0 Å². The van der Waals surface area contributed by atoms with E-state index in [1.54, 1.807) is 0 Å². The smallest absolute Gasteiger partial charge is 0.246 e. The molecule has 190 valence electrons. The fourth-order valence-corrected chi connectivity index (χ4v) is 5.81. The second-order valence-electron chi connectivity index (χ2n) is 9.99. The number of nitrogens with zero attached hydrogens (tertiary/aromatic N) is 5. The minimum Gasteiger partial charge on any atom is -0.356 e. The van der Waals surface area contributed by atoms with E-state index in [-0.39, 0.29) is 12.2 Å². The summed E-state index contributed by atoms with van der Waals surface area (Å²) in [4.78, 5) is 27.4. The molecule has 0 radical (unpaired) electrons. The Labute approximate surface area is 204 Å². The number of aryl methyl sites for hydroxylation is 1. The number of piperidine rings is 1. The highest BCUT2D eigenvalue weighted by Crippen LogP contribution is 2.41. The number of hydrogen-bond acceptors (Lipinski definition) is 6. The number of alkyl halides is 2. The first-order valence-electron chi connectivity index (χ1n) is 13.0. The van der Waals surface area contributed by atoms with Gasteiger partial charge in [0.05, 0.1) is 11.6 Å². The van der Waals surface area contributed by atoms with E-state index in [9.17, 15) is 13.6 Å². The number of fused-ring (bicyclic) bond motifs is 1. The lowest BCUT2D eigenvalue weighted by molar-refractivity contribution is -0.117. The van der Waals surface area contributed by atoms with Crippen LogP contribution in [0.15, 0.2) is 12.5 Å². The van der Waals surface area contributed by atoms with Crippen LogP contribution in [0, 0.1) is 0 Å². The van der Waals surface area contributed by atoms with Crippen molar-refractivity contribution in [3.63, 3.8) is 0 Å². The standard InChI is InChI=1S/C25H35F2N7O/c1-2-17-14-34(12-9-28-18-5-3-4-6-18)24(31-17)16-7-10-33(11-8-16)25-21-19(22(26)27)13-20(35)32-23(21)29-15-30-25/h14-16,18-19,22,28H,2-13H2,1H3,(H,29,30,32,35)/t19-/m1/s1. The lowest BCUT2D eigenvalue weighted by atomic mass is 9.91. The third-order valence-corrected chi connectivity index (χ3v) is 7.72. The molecule has 2 fully saturated rings. The van der Waals surface area contributed by atoms with Gasteiger partial charge in [-0.1, -0.05) is 19.8 Å². The number of amides is 1. The van der Waals surface area contributed by atoms with Gasteiger partial charge in [0.25, 0.3) is 0 Å². The molecule has 8 nitrogen and oxygen atoms in total. The molecule has 0 bridgehead atoms. The summed E-state index contributed by atoms with van der Waals surface area (Å²) >= 11 is 0. The van der Waals surface area contributed by atoms with E-state index in [2.05, 4.69) is 43.2 Å². The van der Waals surface area contributed by atoms with Gasteiger partial charge in [-0.15, -0.1) is 0 Å². The lowest BCUT2D eigenvalue weighted by Gasteiger charge is -2.36. The van der Waals surface area contributed by atoms with E-state index < -0.39 is 18.3 Å². The maximum absolute atomic E-state index is 13.8. The molecule has 0 spiro atoms. The third kappa shape index (κ3) is 5.17. The molecule has 5 rings (SSSR count). The van der Waals surface area contributed by atoms with Crippen LogP contribution in [0.1, 0.15) is 80.8 Å². The van der Waals surface area contributed by atoms with Crippen molar-refractivity contribution in [3.8, 4) is 0 Å². The van der Waals surface area contributed by atoms with Crippen molar-refractivity contribution in [1.82, 2.24) is 24.8 Å². The molecule has 2 aromatic rings. The van der Waals surface area contributed by atoms with Crippen LogP contribution in [0.3, 0.4) is 0 Å². The largest absolute Gasteiger partial charge is 0.356 e. The molecule has 0 aromatic carbocycles. The van der Waals surface area contributed by atoms with Crippen LogP contribution in [0.2, 0.25) is 0 Å². The Kier molecular flexibility index (Phi) is 7.27. The molecule has 1 aliphatic carbocycles. The van der Waals surface area contributed by atoms with E-state index in [1.807, 2.05) is 0 Å². The summed E-state index contributed by atoms with van der Waals surface area (Å²) in [6.07, 6.45) is 8.52. The highest BCUT2D eigenvalue weighted by Gasteiger charge is 2.37. The van der Waals surface area contributed by atoms with Crippen molar-refractivity contribution in [3.05, 3.63) is 29.6 Å². The monoisotopic (exact) mass is 487 g/mol. The topological polar surface area (TPSA) is 88.0 Å². The number of hydrogen-bond donors (Lipinski definition) is 2. The summed E-state index contributed by atoms with van der Waals surface area (Å²) in [7, 11) is 0. The van der Waals surface area contributed by atoms with Gasteiger partial charge in [0, 0.05) is 56.3 Å². The molecular formula is C25H35F2N7O. The SMILES string of the molecule is CCc1cn(CCNC2CCCC2)c(C2CCN(c3ncnc4c3[C@H](C(F)F)CC(=O)N4)CC2)n1. The van der Waals surface area contributed by atoms with Gasteiger partial charge in [-0.25, -0.2) is 23.7 Å². The zero-order chi connectivity index (χ0) is 24.4. The Morgan fingerprint density at radius 3 is 2.66 bits per heavy atom. The van der Waals surface area contributed by atoms with Crippen LogP contribution in [-0.2, 0) is 17.8 Å². The van der Waals surface area contributed by atoms with Gasteiger partial charge < -0.3 is 20.1 Å². The quantitative estimate of drug-likeness (QED) is 0.588. The molecule has 2 aliphatic heterocycles. The Morgan fingerprint density at radius 1 is 1.17 bits per heavy atom. The van der Waals surface area contributed by atoms with Crippen LogP contribution in [-0.4, -0.2) is 57.5 Å². The molecule has 2 aromatic heterocycles. The van der Waals surface area contributed by atoms with Crippen molar-refractivity contribution < 1.29 is 13.6 Å². The molecule has 10 heteroatoms. The van der Waals surface area contributed by atoms with Crippen LogP contribution in [0.5, 0.6) is 0 Å². The number of nitrogens with one attached hydrogen (secondary N) is 2. The number of halogens is 2. The first kappa shape index (κ1) is 24.1. The van der Waals surface area contributed by atoms with Crippen molar-refractivity contribution in [2.24, 2.45) is 0 Å². The Bertz CT molecular complexity index is 1030. The fourth-order valence-electron chi connectivity index (χ4n) is 5.81. The van der Waals surface area contributed by atoms with Gasteiger partial charge in [0.1, 0.15) is 23.8 Å². The van der Waals surface area contributed by atoms with Gasteiger partial charge in [0.2, 0.25) is 12.3 Å². The van der Waals surface area contributed by atoms with Gasteiger partial charge in [-0.05, 0) is 32.1 Å². The molecule has 35 heavy (non-hydrogen) atoms. The molecular weight excluding hydrogens is 452 g/mol. The molecule has 3 aliphatic rings. The fraction of sp³-hybridized carbons (Fsp3) is 0.680. The van der Waals surface area contributed by atoms with Crippen molar-refractivity contribution in [1.29, 1.82) is 0 Å². The molecule has 4 heterocycles. The minimum absolute atomic E-state index is 0.219. The van der Waals surface area contributed by atoms with Crippen LogP contribution >= 0.6 is 0 Å². The summed E-state index contributed by atoms with van der Waals surface area (Å²) < 4.78 is 29.9. The number of aromatic nitrogens is 4. The maximum atomic E-state index is 13.8. The zero-order valence-electron chi connectivity index (χ0n) is 20.3. The van der Waals surface area contributed by atoms with Gasteiger partial charge in [-0.2, -0.15) is 0 Å². The second-order valence-corrected chi connectivity index (χ2v) is 9.99. The van der Waals surface area contributed by atoms with Crippen LogP contribution in [0.25, 0.3) is 0 Å². The summed E-state index contributed by atoms with van der Waals surface area (Å²) in [6, 6.07) is 0.650. The van der Waals surface area contributed by atoms with Gasteiger partial charge in [-0.3, -0.25) is 4.79 Å². The number of carbonyl (C=O) groups excluding carboxylic acids is 1. The Balaban J connectivity index is 1.28. The lowest BCUT2D eigenvalue weighted by Crippen LogP contribution is -2.37.